The second-order valence-corrected chi connectivity index (χ2v) is 8.51. The molecule has 3 aromatic carbocycles. The zero-order chi connectivity index (χ0) is 24.6. The highest BCUT2D eigenvalue weighted by Crippen LogP contribution is 2.20. The van der Waals surface area contributed by atoms with Crippen LogP contribution in [0.5, 0.6) is 11.5 Å². The van der Waals surface area contributed by atoms with E-state index in [-0.39, 0.29) is 5.56 Å². The summed E-state index contributed by atoms with van der Waals surface area (Å²) in [6.07, 6.45) is 0.800. The van der Waals surface area contributed by atoms with Gasteiger partial charge in [0.1, 0.15) is 11.5 Å². The van der Waals surface area contributed by atoms with Crippen molar-refractivity contribution in [3.63, 3.8) is 0 Å². The number of nitrogens with zero attached hydrogens (tertiary/aromatic N) is 1. The molecule has 4 aromatic rings. The van der Waals surface area contributed by atoms with Crippen LogP contribution in [-0.2, 0) is 13.0 Å². The SMILES string of the molecule is CCOc1ccc(NC(=S)N(CCc2ccccc2)Cc2cc3ccc(OC)cc3[nH]c2=O)cc1. The molecule has 0 spiro atoms. The van der Waals surface area contributed by atoms with E-state index in [9.17, 15) is 4.79 Å². The minimum atomic E-state index is -0.140. The molecule has 0 radical (unpaired) electrons. The van der Waals surface area contributed by atoms with Crippen LogP contribution in [0.3, 0.4) is 0 Å². The zero-order valence-corrected chi connectivity index (χ0v) is 20.7. The standard InChI is InChI=1S/C28H29N3O3S/c1-3-34-24-13-10-23(11-14-24)29-28(35)31(16-15-20-7-5-4-6-8-20)19-22-17-21-9-12-25(33-2)18-26(21)30-27(22)32/h4-14,17-18H,3,15-16,19H2,1-2H3,(H,29,35)(H,30,32). The third kappa shape index (κ3) is 6.39. The van der Waals surface area contributed by atoms with Crippen molar-refractivity contribution in [2.24, 2.45) is 0 Å². The lowest BCUT2D eigenvalue weighted by Gasteiger charge is -2.26. The number of nitrogens with one attached hydrogen (secondary N) is 2. The monoisotopic (exact) mass is 487 g/mol. The maximum Gasteiger partial charge on any atom is 0.253 e. The number of H-pyrrole nitrogens is 1. The van der Waals surface area contributed by atoms with E-state index in [0.29, 0.717) is 36.1 Å². The maximum atomic E-state index is 12.9. The molecular formula is C28H29N3O3S. The number of pyridine rings is 1. The Morgan fingerprint density at radius 1 is 1.00 bits per heavy atom. The van der Waals surface area contributed by atoms with E-state index in [4.69, 9.17) is 21.7 Å². The number of hydrogen-bond donors (Lipinski definition) is 2. The van der Waals surface area contributed by atoms with Gasteiger partial charge in [0.15, 0.2) is 5.11 Å². The molecule has 0 amide bonds. The predicted molar refractivity (Wildman–Crippen MR) is 146 cm³/mol. The van der Waals surface area contributed by atoms with E-state index in [0.717, 1.165) is 28.8 Å². The Kier molecular flexibility index (Phi) is 8.00. The molecule has 0 aliphatic rings. The fourth-order valence-electron chi connectivity index (χ4n) is 3.84. The molecule has 6 nitrogen and oxygen atoms in total. The molecule has 180 valence electrons. The van der Waals surface area contributed by atoms with Crippen LogP contribution in [0.2, 0.25) is 0 Å². The number of hydrogen-bond acceptors (Lipinski definition) is 4. The third-order valence-corrected chi connectivity index (χ3v) is 6.07. The molecular weight excluding hydrogens is 458 g/mol. The van der Waals surface area contributed by atoms with Gasteiger partial charge in [0.05, 0.1) is 25.8 Å². The first-order valence-corrected chi connectivity index (χ1v) is 12.0. The van der Waals surface area contributed by atoms with Crippen molar-refractivity contribution < 1.29 is 9.47 Å². The van der Waals surface area contributed by atoms with Gasteiger partial charge in [-0.25, -0.2) is 0 Å². The predicted octanol–water partition coefficient (Wildman–Crippen LogP) is 5.38. The topological polar surface area (TPSA) is 66.6 Å². The summed E-state index contributed by atoms with van der Waals surface area (Å²) < 4.78 is 10.8. The summed E-state index contributed by atoms with van der Waals surface area (Å²) in [6.45, 7) is 3.61. The number of anilines is 1. The fourth-order valence-corrected chi connectivity index (χ4v) is 4.11. The van der Waals surface area contributed by atoms with E-state index < -0.39 is 0 Å². The van der Waals surface area contributed by atoms with Gasteiger partial charge in [0, 0.05) is 23.9 Å². The molecule has 0 atom stereocenters. The molecule has 0 aliphatic heterocycles. The van der Waals surface area contributed by atoms with E-state index >= 15 is 0 Å². The Morgan fingerprint density at radius 3 is 2.46 bits per heavy atom. The molecule has 35 heavy (non-hydrogen) atoms. The summed E-state index contributed by atoms with van der Waals surface area (Å²) in [5.41, 5.74) is 3.32. The molecule has 7 heteroatoms. The van der Waals surface area contributed by atoms with Crippen LogP contribution in [-0.4, -0.2) is 35.3 Å². The zero-order valence-electron chi connectivity index (χ0n) is 19.9. The van der Waals surface area contributed by atoms with E-state index in [1.54, 1.807) is 7.11 Å². The maximum absolute atomic E-state index is 12.9. The quantitative estimate of drug-likeness (QED) is 0.309. The number of fused-ring (bicyclic) bond motifs is 1. The lowest BCUT2D eigenvalue weighted by atomic mass is 10.1. The van der Waals surface area contributed by atoms with Crippen LogP contribution in [0.25, 0.3) is 10.9 Å². The molecule has 2 N–H and O–H groups in total. The summed E-state index contributed by atoms with van der Waals surface area (Å²) >= 11 is 5.78. The lowest BCUT2D eigenvalue weighted by Crippen LogP contribution is -2.37. The highest BCUT2D eigenvalue weighted by molar-refractivity contribution is 7.80. The average molecular weight is 488 g/mol. The summed E-state index contributed by atoms with van der Waals surface area (Å²) in [6, 6.07) is 25.5. The van der Waals surface area contributed by atoms with Gasteiger partial charge in [-0.1, -0.05) is 30.3 Å². The van der Waals surface area contributed by atoms with Gasteiger partial charge in [-0.15, -0.1) is 0 Å². The van der Waals surface area contributed by atoms with Crippen molar-refractivity contribution >= 4 is 33.9 Å². The van der Waals surface area contributed by atoms with Crippen LogP contribution in [0.15, 0.2) is 83.7 Å². The Bertz CT molecular complexity index is 1340. The molecule has 1 aromatic heterocycles. The number of rotatable bonds is 9. The van der Waals surface area contributed by atoms with Crippen LogP contribution in [0.4, 0.5) is 5.69 Å². The minimum Gasteiger partial charge on any atom is -0.497 e. The average Bonchev–Trinajstić information content (AvgIpc) is 2.88. The van der Waals surface area contributed by atoms with Gasteiger partial charge in [-0.3, -0.25) is 4.79 Å². The van der Waals surface area contributed by atoms with Crippen molar-refractivity contribution in [2.75, 3.05) is 25.6 Å². The molecule has 0 aliphatic carbocycles. The summed E-state index contributed by atoms with van der Waals surface area (Å²) in [7, 11) is 1.61. The highest BCUT2D eigenvalue weighted by Gasteiger charge is 2.14. The van der Waals surface area contributed by atoms with Gasteiger partial charge < -0.3 is 24.7 Å². The van der Waals surface area contributed by atoms with E-state index in [1.165, 1.54) is 5.56 Å². The highest BCUT2D eigenvalue weighted by atomic mass is 32.1. The first-order chi connectivity index (χ1) is 17.1. The summed E-state index contributed by atoms with van der Waals surface area (Å²) in [4.78, 5) is 17.9. The van der Waals surface area contributed by atoms with Gasteiger partial charge in [0.2, 0.25) is 0 Å². The molecule has 0 bridgehead atoms. The summed E-state index contributed by atoms with van der Waals surface area (Å²) in [5, 5.41) is 4.81. The number of aromatic nitrogens is 1. The first kappa shape index (κ1) is 24.3. The lowest BCUT2D eigenvalue weighted by molar-refractivity contribution is 0.340. The number of methoxy groups -OCH3 is 1. The van der Waals surface area contributed by atoms with Crippen molar-refractivity contribution in [1.82, 2.24) is 9.88 Å². The fraction of sp³-hybridized carbons (Fsp3) is 0.214. The molecule has 0 saturated carbocycles. The van der Waals surface area contributed by atoms with Gasteiger partial charge in [-0.05, 0) is 79.0 Å². The van der Waals surface area contributed by atoms with Crippen molar-refractivity contribution in [3.8, 4) is 11.5 Å². The Balaban J connectivity index is 1.56. The number of aromatic amines is 1. The summed E-state index contributed by atoms with van der Waals surface area (Å²) in [5.74, 6) is 1.51. The van der Waals surface area contributed by atoms with Crippen molar-refractivity contribution in [3.05, 3.63) is 100 Å². The molecule has 0 saturated heterocycles. The second kappa shape index (κ2) is 11.5. The van der Waals surface area contributed by atoms with Crippen molar-refractivity contribution in [2.45, 2.75) is 19.9 Å². The molecule has 4 rings (SSSR count). The van der Waals surface area contributed by atoms with Crippen LogP contribution >= 0.6 is 12.2 Å². The first-order valence-electron chi connectivity index (χ1n) is 11.6. The van der Waals surface area contributed by atoms with Crippen molar-refractivity contribution in [1.29, 1.82) is 0 Å². The van der Waals surface area contributed by atoms with E-state index in [2.05, 4.69) is 22.4 Å². The Hall–Kier alpha value is -3.84. The van der Waals surface area contributed by atoms with Gasteiger partial charge >= 0.3 is 0 Å². The van der Waals surface area contributed by atoms with Crippen LogP contribution in [0.1, 0.15) is 18.1 Å². The number of thiocarbonyl (C=S) groups is 1. The molecule has 1 heterocycles. The Labute approximate surface area is 210 Å². The third-order valence-electron chi connectivity index (χ3n) is 5.71. The van der Waals surface area contributed by atoms with Crippen LogP contribution < -0.4 is 20.3 Å². The van der Waals surface area contributed by atoms with Crippen LogP contribution in [0, 0.1) is 0 Å². The van der Waals surface area contributed by atoms with Gasteiger partial charge in [-0.2, -0.15) is 0 Å². The molecule has 0 fully saturated rings. The van der Waals surface area contributed by atoms with Gasteiger partial charge in [0.25, 0.3) is 5.56 Å². The largest absolute Gasteiger partial charge is 0.497 e. The Morgan fingerprint density at radius 2 is 1.74 bits per heavy atom. The smallest absolute Gasteiger partial charge is 0.253 e. The normalized spacial score (nSPS) is 10.7. The minimum absolute atomic E-state index is 0.140. The number of ether oxygens (including phenoxy) is 2. The second-order valence-electron chi connectivity index (χ2n) is 8.12. The van der Waals surface area contributed by atoms with E-state index in [1.807, 2.05) is 78.6 Å². The number of benzene rings is 3. The molecule has 0 unspecified atom stereocenters.